The highest BCUT2D eigenvalue weighted by molar-refractivity contribution is 7.89. The van der Waals surface area contributed by atoms with Crippen LogP contribution in [-0.4, -0.2) is 65.9 Å². The van der Waals surface area contributed by atoms with Crippen LogP contribution in [0.1, 0.15) is 18.4 Å². The van der Waals surface area contributed by atoms with E-state index in [0.717, 1.165) is 13.1 Å². The summed E-state index contributed by atoms with van der Waals surface area (Å²) in [6, 6.07) is 10.2. The van der Waals surface area contributed by atoms with Gasteiger partial charge in [-0.1, -0.05) is 0 Å². The summed E-state index contributed by atoms with van der Waals surface area (Å²) in [5.41, 5.74) is 1.99. The van der Waals surface area contributed by atoms with Crippen LogP contribution in [0.3, 0.4) is 0 Å². The van der Waals surface area contributed by atoms with Gasteiger partial charge < -0.3 is 15.0 Å². The van der Waals surface area contributed by atoms with Crippen molar-refractivity contribution in [2.24, 2.45) is 0 Å². The average molecular weight is 462 g/mol. The summed E-state index contributed by atoms with van der Waals surface area (Å²) in [5.74, 6) is -0.0778. The number of sulfonamides is 1. The number of aromatic nitrogens is 2. The molecule has 2 aromatic heterocycles. The van der Waals surface area contributed by atoms with E-state index in [9.17, 15) is 13.5 Å². The Hall–Kier alpha value is -2.64. The van der Waals surface area contributed by atoms with Gasteiger partial charge in [-0.25, -0.2) is 8.42 Å². The fraction of sp³-hybridized carbons (Fsp3) is 0.333. The maximum absolute atomic E-state index is 12.9. The molecule has 0 spiro atoms. The van der Waals surface area contributed by atoms with E-state index in [1.54, 1.807) is 31.3 Å². The van der Waals surface area contributed by atoms with Crippen LogP contribution in [-0.2, 0) is 10.0 Å². The SMILES string of the molecule is CN(CCN1CCCC1)S(=O)(=O)c1ccc(-c2c(O)[nH]c3ccc(C#N)cc23)nc1.Cl. The molecule has 2 N–H and O–H groups in total. The summed E-state index contributed by atoms with van der Waals surface area (Å²) in [6.45, 7) is 3.17. The third-order valence-corrected chi connectivity index (χ3v) is 7.38. The van der Waals surface area contributed by atoms with Gasteiger partial charge in [-0.05, 0) is 56.3 Å². The number of likely N-dealkylation sites (N-methyl/N-ethyl adjacent to an activating group) is 1. The number of hydrogen-bond donors (Lipinski definition) is 2. The van der Waals surface area contributed by atoms with Crippen molar-refractivity contribution in [3.63, 3.8) is 0 Å². The van der Waals surface area contributed by atoms with Gasteiger partial charge in [0.25, 0.3) is 0 Å². The molecule has 0 aliphatic carbocycles. The second kappa shape index (κ2) is 9.24. The lowest BCUT2D eigenvalue weighted by atomic mass is 10.1. The number of likely N-dealkylation sites (tertiary alicyclic amines) is 1. The van der Waals surface area contributed by atoms with Gasteiger partial charge in [0, 0.05) is 37.2 Å². The number of nitrogens with zero attached hydrogens (tertiary/aromatic N) is 4. The van der Waals surface area contributed by atoms with Crippen molar-refractivity contribution >= 4 is 33.3 Å². The highest BCUT2D eigenvalue weighted by Gasteiger charge is 2.23. The van der Waals surface area contributed by atoms with Crippen molar-refractivity contribution in [2.75, 3.05) is 33.2 Å². The smallest absolute Gasteiger partial charge is 0.244 e. The summed E-state index contributed by atoms with van der Waals surface area (Å²) in [5, 5.41) is 20.1. The van der Waals surface area contributed by atoms with Crippen LogP contribution in [0, 0.1) is 11.3 Å². The van der Waals surface area contributed by atoms with Crippen molar-refractivity contribution in [1.29, 1.82) is 5.26 Å². The van der Waals surface area contributed by atoms with E-state index >= 15 is 0 Å². The number of halogens is 1. The highest BCUT2D eigenvalue weighted by atomic mass is 35.5. The largest absolute Gasteiger partial charge is 0.494 e. The first-order chi connectivity index (χ1) is 14.4. The van der Waals surface area contributed by atoms with Gasteiger partial charge in [-0.3, -0.25) is 4.98 Å². The molecule has 0 radical (unpaired) electrons. The van der Waals surface area contributed by atoms with E-state index < -0.39 is 10.0 Å². The summed E-state index contributed by atoms with van der Waals surface area (Å²) in [7, 11) is -2.07. The molecule has 1 fully saturated rings. The van der Waals surface area contributed by atoms with Crippen LogP contribution in [0.5, 0.6) is 5.88 Å². The third kappa shape index (κ3) is 4.52. The molecular formula is C21H24ClN5O3S. The van der Waals surface area contributed by atoms with Gasteiger partial charge in [-0.2, -0.15) is 9.57 Å². The van der Waals surface area contributed by atoms with Gasteiger partial charge in [-0.15, -0.1) is 12.4 Å². The summed E-state index contributed by atoms with van der Waals surface area (Å²) in [4.78, 5) is 9.52. The molecule has 1 saturated heterocycles. The number of nitriles is 1. The molecule has 0 amide bonds. The van der Waals surface area contributed by atoms with Crippen LogP contribution in [0.25, 0.3) is 22.2 Å². The highest BCUT2D eigenvalue weighted by Crippen LogP contribution is 2.36. The molecule has 164 valence electrons. The lowest BCUT2D eigenvalue weighted by Gasteiger charge is -2.21. The van der Waals surface area contributed by atoms with Gasteiger partial charge in [0.05, 0.1) is 22.9 Å². The predicted octanol–water partition coefficient (Wildman–Crippen LogP) is 2.95. The average Bonchev–Trinajstić information content (AvgIpc) is 3.38. The minimum atomic E-state index is -3.65. The molecule has 1 aromatic carbocycles. The van der Waals surface area contributed by atoms with Crippen molar-refractivity contribution in [2.45, 2.75) is 17.7 Å². The standard InChI is InChI=1S/C21H23N5O3S.ClH/c1-25(10-11-26-8-2-3-9-26)30(28,29)16-5-7-19(23-14-16)20-17-12-15(13-22)4-6-18(17)24-21(20)27;/h4-7,12,14,24,27H,2-3,8-11H2,1H3;1H. The summed E-state index contributed by atoms with van der Waals surface area (Å²) in [6.07, 6.45) is 3.64. The molecule has 0 atom stereocenters. The van der Waals surface area contributed by atoms with E-state index in [1.165, 1.54) is 29.4 Å². The number of benzene rings is 1. The normalized spacial score (nSPS) is 14.6. The Kier molecular flexibility index (Phi) is 6.86. The minimum Gasteiger partial charge on any atom is -0.494 e. The van der Waals surface area contributed by atoms with Crippen LogP contribution in [0.15, 0.2) is 41.4 Å². The molecule has 4 rings (SSSR count). The number of nitrogens with one attached hydrogen (secondary N) is 1. The first kappa shape index (κ1) is 23.0. The number of rotatable bonds is 6. The Morgan fingerprint density at radius 1 is 1.26 bits per heavy atom. The molecule has 0 bridgehead atoms. The lowest BCUT2D eigenvalue weighted by molar-refractivity contribution is 0.310. The number of aromatic amines is 1. The summed E-state index contributed by atoms with van der Waals surface area (Å²) < 4.78 is 27.1. The van der Waals surface area contributed by atoms with E-state index in [1.807, 2.05) is 0 Å². The molecule has 8 nitrogen and oxygen atoms in total. The molecule has 10 heteroatoms. The molecular weight excluding hydrogens is 438 g/mol. The van der Waals surface area contributed by atoms with Crippen LogP contribution in [0.2, 0.25) is 0 Å². The molecule has 0 unspecified atom stereocenters. The third-order valence-electron chi connectivity index (χ3n) is 5.54. The van der Waals surface area contributed by atoms with E-state index in [0.29, 0.717) is 40.8 Å². The quantitative estimate of drug-likeness (QED) is 0.583. The maximum Gasteiger partial charge on any atom is 0.244 e. The molecule has 3 aromatic rings. The Balaban J connectivity index is 0.00000272. The molecule has 31 heavy (non-hydrogen) atoms. The molecule has 1 aliphatic heterocycles. The number of fused-ring (bicyclic) bond motifs is 1. The fourth-order valence-electron chi connectivity index (χ4n) is 3.78. The first-order valence-corrected chi connectivity index (χ1v) is 11.2. The van der Waals surface area contributed by atoms with Crippen molar-refractivity contribution in [3.05, 3.63) is 42.1 Å². The zero-order valence-electron chi connectivity index (χ0n) is 17.1. The van der Waals surface area contributed by atoms with Crippen LogP contribution in [0.4, 0.5) is 0 Å². The number of aromatic hydroxyl groups is 1. The topological polar surface area (TPSA) is 113 Å². The van der Waals surface area contributed by atoms with E-state index in [2.05, 4.69) is 20.9 Å². The first-order valence-electron chi connectivity index (χ1n) is 9.80. The van der Waals surface area contributed by atoms with Crippen molar-refractivity contribution in [3.8, 4) is 23.2 Å². The minimum absolute atomic E-state index is 0. The van der Waals surface area contributed by atoms with Gasteiger partial charge >= 0.3 is 0 Å². The van der Waals surface area contributed by atoms with Gasteiger partial charge in [0.1, 0.15) is 4.90 Å². The second-order valence-corrected chi connectivity index (χ2v) is 9.52. The monoisotopic (exact) mass is 461 g/mol. The van der Waals surface area contributed by atoms with Crippen molar-refractivity contribution in [1.82, 2.24) is 19.2 Å². The Morgan fingerprint density at radius 3 is 2.65 bits per heavy atom. The molecule has 3 heterocycles. The fourth-order valence-corrected chi connectivity index (χ4v) is 4.88. The number of pyridine rings is 1. The van der Waals surface area contributed by atoms with Gasteiger partial charge in [0.15, 0.2) is 5.88 Å². The van der Waals surface area contributed by atoms with Crippen molar-refractivity contribution < 1.29 is 13.5 Å². The Bertz CT molecular complexity index is 1210. The van der Waals surface area contributed by atoms with E-state index in [4.69, 9.17) is 5.26 Å². The number of hydrogen-bond acceptors (Lipinski definition) is 6. The van der Waals surface area contributed by atoms with Crippen LogP contribution >= 0.6 is 12.4 Å². The zero-order chi connectivity index (χ0) is 21.3. The lowest BCUT2D eigenvalue weighted by Crippen LogP contribution is -2.35. The van der Waals surface area contributed by atoms with E-state index in [-0.39, 0.29) is 23.2 Å². The zero-order valence-corrected chi connectivity index (χ0v) is 18.7. The number of H-pyrrole nitrogens is 1. The Morgan fingerprint density at radius 2 is 2.00 bits per heavy atom. The Labute approximate surface area is 187 Å². The predicted molar refractivity (Wildman–Crippen MR) is 121 cm³/mol. The molecule has 0 saturated carbocycles. The summed E-state index contributed by atoms with van der Waals surface area (Å²) >= 11 is 0. The second-order valence-electron chi connectivity index (χ2n) is 7.48. The molecule has 1 aliphatic rings. The maximum atomic E-state index is 12.9. The van der Waals surface area contributed by atoms with Gasteiger partial charge in [0.2, 0.25) is 10.0 Å². The van der Waals surface area contributed by atoms with Crippen LogP contribution < -0.4 is 0 Å².